The molecule has 0 radical (unpaired) electrons. The lowest BCUT2D eigenvalue weighted by atomic mass is 10.4. The molecule has 0 atom stereocenters. The minimum atomic E-state index is -3.28. The SMILES string of the molecule is CCCNc1ccc(NS(=O)(=O)CC)nn1. The molecule has 0 spiro atoms. The second-order valence-electron chi connectivity index (χ2n) is 3.24. The first-order chi connectivity index (χ1) is 7.57. The van der Waals surface area contributed by atoms with E-state index in [0.717, 1.165) is 13.0 Å². The van der Waals surface area contributed by atoms with E-state index in [4.69, 9.17) is 0 Å². The molecule has 16 heavy (non-hydrogen) atoms. The van der Waals surface area contributed by atoms with Gasteiger partial charge < -0.3 is 5.32 Å². The van der Waals surface area contributed by atoms with Gasteiger partial charge in [-0.2, -0.15) is 0 Å². The Bertz CT molecular complexity index is 416. The molecule has 0 saturated heterocycles. The van der Waals surface area contributed by atoms with Crippen LogP contribution in [0.3, 0.4) is 0 Å². The number of nitrogens with one attached hydrogen (secondary N) is 2. The maximum absolute atomic E-state index is 11.2. The summed E-state index contributed by atoms with van der Waals surface area (Å²) in [7, 11) is -3.28. The van der Waals surface area contributed by atoms with Crippen LogP contribution in [0.1, 0.15) is 20.3 Å². The van der Waals surface area contributed by atoms with Crippen molar-refractivity contribution in [2.75, 3.05) is 22.3 Å². The molecule has 6 nitrogen and oxygen atoms in total. The van der Waals surface area contributed by atoms with Gasteiger partial charge in [0.1, 0.15) is 5.82 Å². The van der Waals surface area contributed by atoms with Gasteiger partial charge in [-0.15, -0.1) is 10.2 Å². The van der Waals surface area contributed by atoms with Gasteiger partial charge in [0.05, 0.1) is 5.75 Å². The van der Waals surface area contributed by atoms with Gasteiger partial charge in [-0.3, -0.25) is 4.72 Å². The molecule has 0 saturated carbocycles. The molecule has 90 valence electrons. The Balaban J connectivity index is 2.65. The highest BCUT2D eigenvalue weighted by Crippen LogP contribution is 2.07. The molecular formula is C9H16N4O2S. The Morgan fingerprint density at radius 3 is 2.31 bits per heavy atom. The van der Waals surface area contributed by atoms with Crippen LogP contribution in [0.5, 0.6) is 0 Å². The van der Waals surface area contributed by atoms with Crippen LogP contribution in [0.15, 0.2) is 12.1 Å². The third-order valence-corrected chi connectivity index (χ3v) is 3.14. The first-order valence-corrected chi connectivity index (χ1v) is 6.80. The van der Waals surface area contributed by atoms with Crippen molar-refractivity contribution in [3.63, 3.8) is 0 Å². The van der Waals surface area contributed by atoms with Gasteiger partial charge in [0.15, 0.2) is 5.82 Å². The molecule has 0 aromatic carbocycles. The fraction of sp³-hybridized carbons (Fsp3) is 0.556. The minimum absolute atomic E-state index is 0.0184. The molecule has 0 amide bonds. The molecule has 1 aromatic heterocycles. The van der Waals surface area contributed by atoms with E-state index in [1.165, 1.54) is 0 Å². The molecule has 1 aromatic rings. The van der Waals surface area contributed by atoms with E-state index in [-0.39, 0.29) is 11.6 Å². The van der Waals surface area contributed by atoms with Gasteiger partial charge in [-0.1, -0.05) is 6.92 Å². The summed E-state index contributed by atoms with van der Waals surface area (Å²) in [5.74, 6) is 0.898. The van der Waals surface area contributed by atoms with Gasteiger partial charge in [0, 0.05) is 6.54 Å². The third-order valence-electron chi connectivity index (χ3n) is 1.86. The van der Waals surface area contributed by atoms with E-state index in [9.17, 15) is 8.42 Å². The Labute approximate surface area is 95.5 Å². The molecule has 0 unspecified atom stereocenters. The van der Waals surface area contributed by atoms with Gasteiger partial charge in [-0.05, 0) is 25.5 Å². The first kappa shape index (κ1) is 12.7. The van der Waals surface area contributed by atoms with Crippen LogP contribution in [0.4, 0.5) is 11.6 Å². The predicted octanol–water partition coefficient (Wildman–Crippen LogP) is 1.06. The summed E-state index contributed by atoms with van der Waals surface area (Å²) in [6.45, 7) is 4.42. The van der Waals surface area contributed by atoms with Crippen molar-refractivity contribution >= 4 is 21.7 Å². The van der Waals surface area contributed by atoms with Crippen LogP contribution in [0.25, 0.3) is 0 Å². The summed E-state index contributed by atoms with van der Waals surface area (Å²) in [4.78, 5) is 0. The van der Waals surface area contributed by atoms with Crippen LogP contribution in [-0.4, -0.2) is 30.9 Å². The molecule has 0 aliphatic carbocycles. The van der Waals surface area contributed by atoms with Crippen LogP contribution >= 0.6 is 0 Å². The molecule has 2 N–H and O–H groups in total. The highest BCUT2D eigenvalue weighted by Gasteiger charge is 2.07. The highest BCUT2D eigenvalue weighted by molar-refractivity contribution is 7.92. The zero-order chi connectivity index (χ0) is 12.0. The lowest BCUT2D eigenvalue weighted by Gasteiger charge is -2.05. The normalized spacial score (nSPS) is 11.1. The predicted molar refractivity (Wildman–Crippen MR) is 63.9 cm³/mol. The standard InChI is InChI=1S/C9H16N4O2S/c1-3-7-10-8-5-6-9(12-11-8)13-16(14,15)4-2/h5-6H,3-4,7H2,1-2H3,(H,10,11)(H,12,13). The Morgan fingerprint density at radius 1 is 1.19 bits per heavy atom. The van der Waals surface area contributed by atoms with Crippen LogP contribution in [-0.2, 0) is 10.0 Å². The minimum Gasteiger partial charge on any atom is -0.369 e. The third kappa shape index (κ3) is 4.01. The van der Waals surface area contributed by atoms with E-state index in [2.05, 4.69) is 20.2 Å². The van der Waals surface area contributed by atoms with Crippen molar-refractivity contribution in [1.82, 2.24) is 10.2 Å². The number of sulfonamides is 1. The quantitative estimate of drug-likeness (QED) is 0.781. The Morgan fingerprint density at radius 2 is 1.81 bits per heavy atom. The average molecular weight is 244 g/mol. The number of nitrogens with zero attached hydrogens (tertiary/aromatic N) is 2. The lowest BCUT2D eigenvalue weighted by molar-refractivity contribution is 0.602. The molecule has 0 aliphatic heterocycles. The van der Waals surface area contributed by atoms with E-state index >= 15 is 0 Å². The Kier molecular flexibility index (Phi) is 4.48. The summed E-state index contributed by atoms with van der Waals surface area (Å²) >= 11 is 0. The van der Waals surface area contributed by atoms with E-state index in [0.29, 0.717) is 5.82 Å². The highest BCUT2D eigenvalue weighted by atomic mass is 32.2. The summed E-state index contributed by atoms with van der Waals surface area (Å²) in [5.41, 5.74) is 0. The smallest absolute Gasteiger partial charge is 0.233 e. The van der Waals surface area contributed by atoms with Crippen LogP contribution in [0.2, 0.25) is 0 Å². The summed E-state index contributed by atoms with van der Waals surface area (Å²) in [6, 6.07) is 3.27. The molecule has 1 rings (SSSR count). The molecule has 0 bridgehead atoms. The van der Waals surface area contributed by atoms with Gasteiger partial charge >= 0.3 is 0 Å². The van der Waals surface area contributed by atoms with E-state index < -0.39 is 10.0 Å². The Hall–Kier alpha value is -1.37. The van der Waals surface area contributed by atoms with Crippen molar-refractivity contribution < 1.29 is 8.42 Å². The largest absolute Gasteiger partial charge is 0.369 e. The van der Waals surface area contributed by atoms with Crippen LogP contribution in [0, 0.1) is 0 Å². The summed E-state index contributed by atoms with van der Waals surface area (Å²) < 4.78 is 24.8. The topological polar surface area (TPSA) is 84.0 Å². The number of rotatable bonds is 6. The zero-order valence-corrected chi connectivity index (χ0v) is 10.2. The van der Waals surface area contributed by atoms with Crippen molar-refractivity contribution in [2.24, 2.45) is 0 Å². The molecule has 0 fully saturated rings. The van der Waals surface area contributed by atoms with E-state index in [1.54, 1.807) is 19.1 Å². The van der Waals surface area contributed by atoms with Crippen molar-refractivity contribution in [3.8, 4) is 0 Å². The number of aromatic nitrogens is 2. The molecule has 7 heteroatoms. The number of hydrogen-bond donors (Lipinski definition) is 2. The van der Waals surface area contributed by atoms with Crippen molar-refractivity contribution in [3.05, 3.63) is 12.1 Å². The van der Waals surface area contributed by atoms with Gasteiger partial charge in [0.25, 0.3) is 0 Å². The van der Waals surface area contributed by atoms with Gasteiger partial charge in [0.2, 0.25) is 10.0 Å². The van der Waals surface area contributed by atoms with Gasteiger partial charge in [-0.25, -0.2) is 8.42 Å². The van der Waals surface area contributed by atoms with Crippen molar-refractivity contribution in [1.29, 1.82) is 0 Å². The lowest BCUT2D eigenvalue weighted by Crippen LogP contribution is -2.16. The average Bonchev–Trinajstić information content (AvgIpc) is 2.28. The fourth-order valence-electron chi connectivity index (χ4n) is 0.966. The second kappa shape index (κ2) is 5.64. The van der Waals surface area contributed by atoms with Crippen LogP contribution < -0.4 is 10.0 Å². The maximum atomic E-state index is 11.2. The molecular weight excluding hydrogens is 228 g/mol. The van der Waals surface area contributed by atoms with E-state index in [1.807, 2.05) is 6.92 Å². The maximum Gasteiger partial charge on any atom is 0.233 e. The first-order valence-electron chi connectivity index (χ1n) is 5.15. The fourth-order valence-corrected chi connectivity index (χ4v) is 1.54. The number of hydrogen-bond acceptors (Lipinski definition) is 5. The number of anilines is 2. The second-order valence-corrected chi connectivity index (χ2v) is 5.25. The molecule has 1 heterocycles. The van der Waals surface area contributed by atoms with Crippen molar-refractivity contribution in [2.45, 2.75) is 20.3 Å². The monoisotopic (exact) mass is 244 g/mol. The zero-order valence-electron chi connectivity index (χ0n) is 9.40. The summed E-state index contributed by atoms with van der Waals surface area (Å²) in [6.07, 6.45) is 0.992. The summed E-state index contributed by atoms with van der Waals surface area (Å²) in [5, 5.41) is 10.7. The molecule has 0 aliphatic rings.